The number of benzene rings is 2. The quantitative estimate of drug-likeness (QED) is 0.424. The number of hydrogen-bond donors (Lipinski definition) is 3. The molecule has 1 fully saturated rings. The Bertz CT molecular complexity index is 1330. The van der Waals surface area contributed by atoms with Crippen molar-refractivity contribution in [3.05, 3.63) is 78.8 Å². The highest BCUT2D eigenvalue weighted by Crippen LogP contribution is 2.35. The van der Waals surface area contributed by atoms with Gasteiger partial charge in [-0.2, -0.15) is 0 Å². The first-order chi connectivity index (χ1) is 15.5. The molecule has 32 heavy (non-hydrogen) atoms. The summed E-state index contributed by atoms with van der Waals surface area (Å²) in [6.45, 7) is 0.0135. The van der Waals surface area contributed by atoms with Crippen LogP contribution in [0.2, 0.25) is 0 Å². The second-order valence-corrected chi connectivity index (χ2v) is 7.67. The Balaban J connectivity index is 1.56. The molecule has 0 saturated carbocycles. The van der Waals surface area contributed by atoms with E-state index in [1.54, 1.807) is 54.5 Å². The number of nitrogens with zero attached hydrogens (tertiary/aromatic N) is 2. The summed E-state index contributed by atoms with van der Waals surface area (Å²) in [4.78, 5) is 29.2. The molecular weight excluding hydrogens is 408 g/mol. The van der Waals surface area contributed by atoms with Gasteiger partial charge in [-0.25, -0.2) is 4.79 Å². The van der Waals surface area contributed by atoms with Gasteiger partial charge in [0.1, 0.15) is 5.75 Å². The van der Waals surface area contributed by atoms with Crippen LogP contribution in [-0.2, 0) is 16.9 Å². The van der Waals surface area contributed by atoms with Crippen molar-refractivity contribution >= 4 is 22.7 Å². The van der Waals surface area contributed by atoms with E-state index >= 15 is 0 Å². The van der Waals surface area contributed by atoms with E-state index in [1.165, 1.54) is 0 Å². The van der Waals surface area contributed by atoms with Crippen LogP contribution >= 0.6 is 0 Å². The number of hydrogen-bond acceptors (Lipinski definition) is 5. The zero-order valence-electron chi connectivity index (χ0n) is 17.2. The summed E-state index contributed by atoms with van der Waals surface area (Å²) < 4.78 is 6.80. The molecule has 3 N–H and O–H groups in total. The molecule has 3 amide bonds. The van der Waals surface area contributed by atoms with Crippen molar-refractivity contribution in [3.8, 4) is 22.8 Å². The van der Waals surface area contributed by atoms with Gasteiger partial charge >= 0.3 is 6.03 Å². The molecule has 2 aromatic carbocycles. The fourth-order valence-corrected chi connectivity index (χ4v) is 4.11. The summed E-state index contributed by atoms with van der Waals surface area (Å²) in [6, 6.07) is 15.9. The van der Waals surface area contributed by atoms with Gasteiger partial charge in [-0.3, -0.25) is 15.1 Å². The summed E-state index contributed by atoms with van der Waals surface area (Å²) in [6.07, 6.45) is 5.20. The Morgan fingerprint density at radius 3 is 2.56 bits per heavy atom. The summed E-state index contributed by atoms with van der Waals surface area (Å²) in [5, 5.41) is 17.3. The normalized spacial score (nSPS) is 17.9. The molecule has 1 atom stereocenters. The van der Waals surface area contributed by atoms with Crippen molar-refractivity contribution in [1.82, 2.24) is 20.2 Å². The fourth-order valence-electron chi connectivity index (χ4n) is 4.11. The van der Waals surface area contributed by atoms with Gasteiger partial charge < -0.3 is 19.7 Å². The second kappa shape index (κ2) is 7.42. The van der Waals surface area contributed by atoms with Gasteiger partial charge in [0.15, 0.2) is 11.4 Å². The molecule has 4 aromatic rings. The molecule has 2 aromatic heterocycles. The van der Waals surface area contributed by atoms with E-state index in [1.807, 2.05) is 30.3 Å². The molecule has 160 valence electrons. The molecule has 8 nitrogen and oxygen atoms in total. The lowest BCUT2D eigenvalue weighted by molar-refractivity contribution is -0.124. The van der Waals surface area contributed by atoms with Crippen molar-refractivity contribution in [2.45, 2.75) is 12.1 Å². The van der Waals surface area contributed by atoms with Gasteiger partial charge in [-0.05, 0) is 41.0 Å². The topological polar surface area (TPSA) is 105 Å². The maximum absolute atomic E-state index is 13.0. The SMILES string of the molecule is COc1ccc2cn(C[C@@]3(c4ccc(-c5cccnc5)cc4)NC(=O)NC3=O)c(O)c2c1. The van der Waals surface area contributed by atoms with Crippen molar-refractivity contribution in [3.63, 3.8) is 0 Å². The van der Waals surface area contributed by atoms with Gasteiger partial charge in [0, 0.05) is 29.4 Å². The predicted molar refractivity (Wildman–Crippen MR) is 118 cm³/mol. The highest BCUT2D eigenvalue weighted by atomic mass is 16.5. The summed E-state index contributed by atoms with van der Waals surface area (Å²) in [5.41, 5.74) is 1.10. The number of fused-ring (bicyclic) bond motifs is 1. The fraction of sp³-hybridized carbons (Fsp3) is 0.125. The van der Waals surface area contributed by atoms with Crippen LogP contribution in [0.25, 0.3) is 21.9 Å². The zero-order chi connectivity index (χ0) is 22.3. The molecule has 5 rings (SSSR count). The smallest absolute Gasteiger partial charge is 0.322 e. The first-order valence-electron chi connectivity index (χ1n) is 10.0. The third-order valence-electron chi connectivity index (χ3n) is 5.79. The van der Waals surface area contributed by atoms with Crippen LogP contribution in [0, 0.1) is 0 Å². The van der Waals surface area contributed by atoms with Gasteiger partial charge in [0.05, 0.1) is 13.7 Å². The average Bonchev–Trinajstić information content (AvgIpc) is 3.29. The number of aromatic hydroxyl groups is 1. The molecule has 0 unspecified atom stereocenters. The number of nitrogens with one attached hydrogen (secondary N) is 2. The number of rotatable bonds is 5. The number of aromatic nitrogens is 2. The van der Waals surface area contributed by atoms with E-state index in [-0.39, 0.29) is 12.4 Å². The second-order valence-electron chi connectivity index (χ2n) is 7.67. The number of carbonyl (C=O) groups excluding carboxylic acids is 2. The highest BCUT2D eigenvalue weighted by Gasteiger charge is 2.48. The molecule has 0 radical (unpaired) electrons. The van der Waals surface area contributed by atoms with Crippen molar-refractivity contribution in [1.29, 1.82) is 0 Å². The Morgan fingerprint density at radius 1 is 1.09 bits per heavy atom. The van der Waals surface area contributed by atoms with Gasteiger partial charge in [0.25, 0.3) is 5.91 Å². The van der Waals surface area contributed by atoms with Crippen LogP contribution < -0.4 is 15.4 Å². The van der Waals surface area contributed by atoms with Gasteiger partial charge in [-0.15, -0.1) is 0 Å². The van der Waals surface area contributed by atoms with Crippen molar-refractivity contribution in [2.24, 2.45) is 0 Å². The van der Waals surface area contributed by atoms with E-state index in [4.69, 9.17) is 4.74 Å². The third kappa shape index (κ3) is 3.13. The molecule has 3 heterocycles. The third-order valence-corrected chi connectivity index (χ3v) is 5.79. The molecule has 1 saturated heterocycles. The van der Waals surface area contributed by atoms with Gasteiger partial charge in [-0.1, -0.05) is 30.3 Å². The average molecular weight is 428 g/mol. The number of carbonyl (C=O) groups is 2. The van der Waals surface area contributed by atoms with Crippen LogP contribution in [0.5, 0.6) is 11.6 Å². The summed E-state index contributed by atoms with van der Waals surface area (Å²) >= 11 is 0. The number of ether oxygens (including phenoxy) is 1. The minimum Gasteiger partial charge on any atom is -0.497 e. The van der Waals surface area contributed by atoms with Crippen LogP contribution in [0.4, 0.5) is 4.79 Å². The molecule has 0 bridgehead atoms. The van der Waals surface area contributed by atoms with E-state index in [9.17, 15) is 14.7 Å². The Hall–Kier alpha value is -4.33. The first-order valence-corrected chi connectivity index (χ1v) is 10.0. The number of methoxy groups -OCH3 is 1. The molecule has 1 aliphatic heterocycles. The predicted octanol–water partition coefficient (Wildman–Crippen LogP) is 3.15. The number of urea groups is 1. The summed E-state index contributed by atoms with van der Waals surface area (Å²) in [7, 11) is 1.55. The molecular formula is C24H20N4O4. The number of pyridine rings is 1. The maximum Gasteiger partial charge on any atom is 0.322 e. The standard InChI is InChI=1S/C24H20N4O4/c1-32-19-9-6-17-13-28(21(29)20(17)11-19)14-24(22(30)26-23(31)27-24)18-7-4-15(5-8-18)16-3-2-10-25-12-16/h2-13,29H,14H2,1H3,(H2,26,27,30,31)/t24-/m0/s1. The minimum absolute atomic E-state index is 0.0135. The Labute approximate surface area is 183 Å². The number of imide groups is 1. The van der Waals surface area contributed by atoms with E-state index in [2.05, 4.69) is 15.6 Å². The molecule has 1 aliphatic rings. The molecule has 0 aliphatic carbocycles. The highest BCUT2D eigenvalue weighted by molar-refractivity contribution is 6.07. The van der Waals surface area contributed by atoms with E-state index in [0.717, 1.165) is 16.5 Å². The zero-order valence-corrected chi connectivity index (χ0v) is 17.2. The summed E-state index contributed by atoms with van der Waals surface area (Å²) in [5.74, 6) is 0.115. The Morgan fingerprint density at radius 2 is 1.91 bits per heavy atom. The van der Waals surface area contributed by atoms with Crippen LogP contribution in [-0.4, -0.2) is 33.7 Å². The lowest BCUT2D eigenvalue weighted by Gasteiger charge is -2.27. The minimum atomic E-state index is -1.37. The number of amides is 3. The van der Waals surface area contributed by atoms with Crippen LogP contribution in [0.15, 0.2) is 73.2 Å². The molecule has 0 spiro atoms. The maximum atomic E-state index is 13.0. The largest absolute Gasteiger partial charge is 0.497 e. The molecule has 8 heteroatoms. The first kappa shape index (κ1) is 19.6. The monoisotopic (exact) mass is 428 g/mol. The lowest BCUT2D eigenvalue weighted by atomic mass is 9.88. The lowest BCUT2D eigenvalue weighted by Crippen LogP contribution is -2.47. The van der Waals surface area contributed by atoms with Crippen LogP contribution in [0.1, 0.15) is 5.56 Å². The van der Waals surface area contributed by atoms with E-state index in [0.29, 0.717) is 16.7 Å². The van der Waals surface area contributed by atoms with Crippen molar-refractivity contribution in [2.75, 3.05) is 7.11 Å². The van der Waals surface area contributed by atoms with Crippen LogP contribution in [0.3, 0.4) is 0 Å². The Kier molecular flexibility index (Phi) is 4.55. The van der Waals surface area contributed by atoms with Gasteiger partial charge in [0.2, 0.25) is 0 Å². The van der Waals surface area contributed by atoms with E-state index < -0.39 is 17.5 Å². The van der Waals surface area contributed by atoms with Crippen molar-refractivity contribution < 1.29 is 19.4 Å².